The molecular formula is C28H48N2O6. The van der Waals surface area contributed by atoms with Crippen molar-refractivity contribution >= 4 is 17.8 Å². The van der Waals surface area contributed by atoms with Gasteiger partial charge in [-0.05, 0) is 57.8 Å². The molecule has 0 aromatic rings. The molecular weight excluding hydrogens is 460 g/mol. The predicted molar refractivity (Wildman–Crippen MR) is 137 cm³/mol. The molecule has 3 aliphatic heterocycles. The summed E-state index contributed by atoms with van der Waals surface area (Å²) in [6.07, 6.45) is 1.95. The number of aliphatic hydroxyl groups excluding tert-OH is 1. The fourth-order valence-corrected chi connectivity index (χ4v) is 7.51. The summed E-state index contributed by atoms with van der Waals surface area (Å²) in [6.45, 7) is 19.9. The molecule has 0 aromatic carbocycles. The summed E-state index contributed by atoms with van der Waals surface area (Å²) in [5.74, 6) is -2.75. The first-order valence-electron chi connectivity index (χ1n) is 13.6. The Morgan fingerprint density at radius 3 is 2.36 bits per heavy atom. The van der Waals surface area contributed by atoms with Crippen LogP contribution in [0.25, 0.3) is 0 Å². The van der Waals surface area contributed by atoms with Crippen molar-refractivity contribution in [2.24, 2.45) is 29.1 Å². The largest absolute Gasteiger partial charge is 0.466 e. The molecule has 36 heavy (non-hydrogen) atoms. The lowest BCUT2D eigenvalue weighted by atomic mass is 9.62. The van der Waals surface area contributed by atoms with Crippen molar-refractivity contribution in [3.8, 4) is 0 Å². The van der Waals surface area contributed by atoms with Crippen LogP contribution in [-0.4, -0.2) is 69.8 Å². The SMILES string of the molecule is CCOC(=O)[C@@H]1[C@H]2C(=O)N([C@@H](CO)[C@@H](C)CC)C(C(=O)NC(C)(C)CC(C)(C)C)C23CC(C)[C@@]1(C)O3. The summed E-state index contributed by atoms with van der Waals surface area (Å²) in [5, 5.41) is 13.6. The number of nitrogens with one attached hydrogen (secondary N) is 1. The van der Waals surface area contributed by atoms with Crippen molar-refractivity contribution in [3.05, 3.63) is 0 Å². The Balaban J connectivity index is 2.13. The monoisotopic (exact) mass is 508 g/mol. The van der Waals surface area contributed by atoms with Crippen LogP contribution in [0.5, 0.6) is 0 Å². The Bertz CT molecular complexity index is 882. The number of rotatable bonds is 9. The zero-order valence-electron chi connectivity index (χ0n) is 23.9. The van der Waals surface area contributed by atoms with E-state index >= 15 is 0 Å². The third kappa shape index (κ3) is 4.57. The molecule has 3 unspecified atom stereocenters. The van der Waals surface area contributed by atoms with E-state index in [1.54, 1.807) is 11.8 Å². The first kappa shape index (κ1) is 28.9. The molecule has 3 aliphatic rings. The molecule has 0 saturated carbocycles. The highest BCUT2D eigenvalue weighted by Crippen LogP contribution is 2.65. The second-order valence-electron chi connectivity index (χ2n) is 13.4. The average Bonchev–Trinajstić information content (AvgIpc) is 3.23. The lowest BCUT2D eigenvalue weighted by Gasteiger charge is -2.41. The highest BCUT2D eigenvalue weighted by atomic mass is 16.6. The number of aliphatic hydroxyl groups is 1. The smallest absolute Gasteiger partial charge is 0.312 e. The number of fused-ring (bicyclic) bond motifs is 1. The minimum Gasteiger partial charge on any atom is -0.466 e. The van der Waals surface area contributed by atoms with E-state index in [2.05, 4.69) is 26.1 Å². The van der Waals surface area contributed by atoms with Crippen LogP contribution in [0.2, 0.25) is 0 Å². The molecule has 206 valence electrons. The average molecular weight is 509 g/mol. The van der Waals surface area contributed by atoms with Crippen LogP contribution >= 0.6 is 0 Å². The summed E-state index contributed by atoms with van der Waals surface area (Å²) >= 11 is 0. The summed E-state index contributed by atoms with van der Waals surface area (Å²) < 4.78 is 12.1. The summed E-state index contributed by atoms with van der Waals surface area (Å²) in [5.41, 5.74) is -2.60. The fraction of sp³-hybridized carbons (Fsp3) is 0.893. The van der Waals surface area contributed by atoms with Gasteiger partial charge in [0.25, 0.3) is 0 Å². The summed E-state index contributed by atoms with van der Waals surface area (Å²) in [6, 6.07) is -1.50. The number of carbonyl (C=O) groups excluding carboxylic acids is 3. The van der Waals surface area contributed by atoms with E-state index in [0.29, 0.717) is 6.42 Å². The van der Waals surface area contributed by atoms with Crippen molar-refractivity contribution in [1.29, 1.82) is 0 Å². The number of amides is 2. The van der Waals surface area contributed by atoms with Gasteiger partial charge in [-0.3, -0.25) is 14.4 Å². The molecule has 2 bridgehead atoms. The highest BCUT2D eigenvalue weighted by Gasteiger charge is 2.80. The van der Waals surface area contributed by atoms with Gasteiger partial charge in [-0.25, -0.2) is 0 Å². The lowest BCUT2D eigenvalue weighted by molar-refractivity contribution is -0.163. The van der Waals surface area contributed by atoms with Gasteiger partial charge in [0.2, 0.25) is 11.8 Å². The predicted octanol–water partition coefficient (Wildman–Crippen LogP) is 3.30. The van der Waals surface area contributed by atoms with Crippen LogP contribution in [0.3, 0.4) is 0 Å². The number of hydrogen-bond donors (Lipinski definition) is 2. The summed E-state index contributed by atoms with van der Waals surface area (Å²) in [4.78, 5) is 43.2. The maximum atomic E-state index is 14.2. The standard InChI is InChI=1S/C28H48N2O6/c1-11-16(3)18(14-31)30-21(22(32)29-26(8,9)15-25(5,6)7)28-13-17(4)27(10,36-28)20(19(28)23(30)33)24(34)35-12-2/h16-21,31H,11-15H2,1-10H3,(H,29,32)/t16-,17?,18-,19-,20-,21?,27+,28?/m0/s1. The minimum atomic E-state index is -1.15. The van der Waals surface area contributed by atoms with Crippen molar-refractivity contribution in [2.45, 2.75) is 117 Å². The zero-order chi connectivity index (χ0) is 27.4. The Labute approximate surface area is 216 Å². The van der Waals surface area contributed by atoms with Crippen molar-refractivity contribution in [2.75, 3.05) is 13.2 Å². The van der Waals surface area contributed by atoms with Gasteiger partial charge in [-0.1, -0.05) is 48.0 Å². The first-order valence-corrected chi connectivity index (χ1v) is 13.6. The quantitative estimate of drug-likeness (QED) is 0.463. The van der Waals surface area contributed by atoms with E-state index in [-0.39, 0.29) is 42.3 Å². The molecule has 1 spiro atoms. The van der Waals surface area contributed by atoms with Gasteiger partial charge in [-0.15, -0.1) is 0 Å². The molecule has 2 N–H and O–H groups in total. The second-order valence-corrected chi connectivity index (χ2v) is 13.4. The van der Waals surface area contributed by atoms with E-state index in [4.69, 9.17) is 9.47 Å². The first-order chi connectivity index (χ1) is 16.5. The number of likely N-dealkylation sites (tertiary alicyclic amines) is 1. The van der Waals surface area contributed by atoms with Crippen LogP contribution in [0.15, 0.2) is 0 Å². The normalized spacial score (nSPS) is 35.5. The van der Waals surface area contributed by atoms with E-state index in [1.807, 2.05) is 41.5 Å². The molecule has 2 amide bonds. The Kier molecular flexibility index (Phi) is 7.68. The van der Waals surface area contributed by atoms with Crippen LogP contribution in [-0.2, 0) is 23.9 Å². The molecule has 3 heterocycles. The molecule has 8 atom stereocenters. The lowest BCUT2D eigenvalue weighted by Crippen LogP contribution is -2.62. The van der Waals surface area contributed by atoms with Gasteiger partial charge in [0.1, 0.15) is 17.6 Å². The van der Waals surface area contributed by atoms with Crippen LogP contribution in [0.4, 0.5) is 0 Å². The molecule has 3 fully saturated rings. The Morgan fingerprint density at radius 2 is 1.86 bits per heavy atom. The van der Waals surface area contributed by atoms with Gasteiger partial charge in [-0.2, -0.15) is 0 Å². The van der Waals surface area contributed by atoms with Crippen molar-refractivity contribution < 1.29 is 29.0 Å². The van der Waals surface area contributed by atoms with E-state index < -0.39 is 46.6 Å². The molecule has 0 radical (unpaired) electrons. The maximum absolute atomic E-state index is 14.2. The third-order valence-corrected chi connectivity index (χ3v) is 8.82. The number of carbonyl (C=O) groups is 3. The number of nitrogens with zero attached hydrogens (tertiary/aromatic N) is 1. The molecule has 0 aromatic heterocycles. The highest BCUT2D eigenvalue weighted by molar-refractivity contribution is 5.99. The van der Waals surface area contributed by atoms with E-state index in [0.717, 1.165) is 12.8 Å². The number of ether oxygens (including phenoxy) is 2. The molecule has 8 heteroatoms. The molecule has 3 saturated heterocycles. The van der Waals surface area contributed by atoms with Crippen LogP contribution in [0.1, 0.15) is 88.5 Å². The minimum absolute atomic E-state index is 0.0214. The van der Waals surface area contributed by atoms with Gasteiger partial charge in [0, 0.05) is 5.54 Å². The van der Waals surface area contributed by atoms with Crippen molar-refractivity contribution in [1.82, 2.24) is 10.2 Å². The Hall–Kier alpha value is -1.67. The zero-order valence-corrected chi connectivity index (χ0v) is 23.9. The Morgan fingerprint density at radius 1 is 1.25 bits per heavy atom. The molecule has 0 aliphatic carbocycles. The summed E-state index contributed by atoms with van der Waals surface area (Å²) in [7, 11) is 0. The van der Waals surface area contributed by atoms with Gasteiger partial charge < -0.3 is 24.8 Å². The molecule has 8 nitrogen and oxygen atoms in total. The second kappa shape index (κ2) is 9.57. The van der Waals surface area contributed by atoms with Crippen LogP contribution < -0.4 is 5.32 Å². The topological polar surface area (TPSA) is 105 Å². The van der Waals surface area contributed by atoms with Gasteiger partial charge >= 0.3 is 5.97 Å². The van der Waals surface area contributed by atoms with Crippen LogP contribution in [0, 0.1) is 29.1 Å². The maximum Gasteiger partial charge on any atom is 0.312 e. The third-order valence-electron chi connectivity index (χ3n) is 8.82. The van der Waals surface area contributed by atoms with E-state index in [9.17, 15) is 19.5 Å². The van der Waals surface area contributed by atoms with Crippen molar-refractivity contribution in [3.63, 3.8) is 0 Å². The van der Waals surface area contributed by atoms with Gasteiger partial charge in [0.05, 0.1) is 30.8 Å². The fourth-order valence-electron chi connectivity index (χ4n) is 7.51. The molecule has 3 rings (SSSR count). The number of hydrogen-bond acceptors (Lipinski definition) is 6. The van der Waals surface area contributed by atoms with Gasteiger partial charge in [0.15, 0.2) is 0 Å². The van der Waals surface area contributed by atoms with E-state index in [1.165, 1.54) is 0 Å². The number of esters is 1.